The molecule has 0 aliphatic carbocycles. The van der Waals surface area contributed by atoms with Gasteiger partial charge in [-0.1, -0.05) is 76.2 Å². The fraction of sp³-hybridized carbons (Fsp3) is 0.429. The van der Waals surface area contributed by atoms with Crippen LogP contribution < -0.4 is 9.62 Å². The first-order valence-corrected chi connectivity index (χ1v) is 10.1. The zero-order chi connectivity index (χ0) is 18.4. The average molecular weight is 347 g/mol. The molecule has 0 bridgehead atoms. The Morgan fingerprint density at radius 3 is 1.69 bits per heavy atom. The number of nitrogens with zero attached hydrogens (tertiary/aromatic N) is 3. The molecule has 0 spiro atoms. The molecule has 0 unspecified atom stereocenters. The van der Waals surface area contributed by atoms with Gasteiger partial charge in [0.05, 0.1) is 6.67 Å². The monoisotopic (exact) mass is 347 g/mol. The quantitative estimate of drug-likeness (QED) is 0.510. The van der Waals surface area contributed by atoms with Crippen LogP contribution in [-0.2, 0) is 0 Å². The normalized spacial score (nSPS) is 15.7. The summed E-state index contributed by atoms with van der Waals surface area (Å²) in [5.41, 5.74) is 2.60. The number of hydrogen-bond donors (Lipinski definition) is 0. The van der Waals surface area contributed by atoms with Gasteiger partial charge in [0, 0.05) is 11.4 Å². The Kier molecular flexibility index (Phi) is 6.67. The van der Waals surface area contributed by atoms with E-state index in [0.717, 1.165) is 13.2 Å². The maximum atomic E-state index is 2.65. The van der Waals surface area contributed by atoms with Gasteiger partial charge in [-0.25, -0.2) is 0 Å². The Balaban J connectivity index is 1.84. The predicted octanol–water partition coefficient (Wildman–Crippen LogP) is 5.09. The highest BCUT2D eigenvalue weighted by molar-refractivity contribution is 6.77. The van der Waals surface area contributed by atoms with Gasteiger partial charge < -0.3 is 14.3 Å². The van der Waals surface area contributed by atoms with Crippen molar-refractivity contribution in [3.8, 4) is 0 Å². The second-order valence-corrected chi connectivity index (χ2v) is 7.31. The van der Waals surface area contributed by atoms with Crippen molar-refractivity contribution < 1.29 is 0 Å². The summed E-state index contributed by atoms with van der Waals surface area (Å²) in [6, 6.07) is 21.6. The Hall–Kier alpha value is -1.87. The molecule has 1 fully saturated rings. The zero-order valence-corrected chi connectivity index (χ0v) is 16.5. The average Bonchev–Trinajstić information content (AvgIpc) is 2.69. The van der Waals surface area contributed by atoms with Crippen molar-refractivity contribution in [3.05, 3.63) is 60.7 Å². The topological polar surface area (TPSA) is 9.72 Å². The maximum Gasteiger partial charge on any atom is 0.331 e. The molecule has 1 saturated heterocycles. The summed E-state index contributed by atoms with van der Waals surface area (Å²) in [5.74, 6) is 0. The van der Waals surface area contributed by atoms with E-state index in [0.29, 0.717) is 14.0 Å². The van der Waals surface area contributed by atoms with E-state index in [1.54, 1.807) is 0 Å². The lowest BCUT2D eigenvalue weighted by molar-refractivity contribution is 0.545. The van der Waals surface area contributed by atoms with E-state index in [1.807, 2.05) is 0 Å². The van der Waals surface area contributed by atoms with Gasteiger partial charge >= 0.3 is 14.0 Å². The molecule has 3 nitrogen and oxygen atoms in total. The van der Waals surface area contributed by atoms with E-state index >= 15 is 0 Å². The van der Waals surface area contributed by atoms with Gasteiger partial charge in [0.15, 0.2) is 0 Å². The van der Waals surface area contributed by atoms with Crippen molar-refractivity contribution in [2.75, 3.05) is 22.8 Å². The molecule has 3 rings (SSSR count). The third kappa shape index (κ3) is 4.27. The third-order valence-corrected chi connectivity index (χ3v) is 5.61. The first-order valence-electron chi connectivity index (χ1n) is 10.1. The summed E-state index contributed by atoms with van der Waals surface area (Å²) in [6.07, 6.45) is 5.22. The molecule has 1 heterocycles. The van der Waals surface area contributed by atoms with E-state index in [-0.39, 0.29) is 0 Å². The number of rotatable bonds is 7. The van der Waals surface area contributed by atoms with Gasteiger partial charge in [-0.3, -0.25) is 0 Å². The molecule has 2 aromatic rings. The Labute approximate surface area is 160 Å². The van der Waals surface area contributed by atoms with Crippen LogP contribution in [0.3, 0.4) is 0 Å². The minimum Gasteiger partial charge on any atom is -0.386 e. The minimum absolute atomic E-state index is 0.397. The lowest BCUT2D eigenvalue weighted by Gasteiger charge is -2.51. The molecule has 136 valence electrons. The molecular formula is C21H31B2N3. The number of hydrogen-bond acceptors (Lipinski definition) is 3. The molecule has 0 radical (unpaired) electrons. The van der Waals surface area contributed by atoms with Crippen LogP contribution in [0.5, 0.6) is 0 Å². The lowest BCUT2D eigenvalue weighted by atomic mass is 9.57. The molecule has 0 aromatic heterocycles. The van der Waals surface area contributed by atoms with Gasteiger partial charge in [-0.2, -0.15) is 0 Å². The van der Waals surface area contributed by atoms with Crippen LogP contribution in [0.2, 0.25) is 13.6 Å². The van der Waals surface area contributed by atoms with E-state index < -0.39 is 0 Å². The first-order chi connectivity index (χ1) is 12.7. The summed E-state index contributed by atoms with van der Waals surface area (Å²) < 4.78 is 2.65. The van der Waals surface area contributed by atoms with E-state index in [1.165, 1.54) is 37.1 Å². The molecule has 0 amide bonds. The Morgan fingerprint density at radius 2 is 1.23 bits per heavy atom. The lowest BCUT2D eigenvalue weighted by Crippen LogP contribution is -2.70. The van der Waals surface area contributed by atoms with Crippen molar-refractivity contribution in [1.82, 2.24) is 4.72 Å². The second-order valence-electron chi connectivity index (χ2n) is 7.31. The van der Waals surface area contributed by atoms with Crippen molar-refractivity contribution in [2.24, 2.45) is 0 Å². The molecule has 0 saturated carbocycles. The summed E-state index contributed by atoms with van der Waals surface area (Å²) in [5, 5.41) is 0. The molecule has 1 aliphatic heterocycles. The number of para-hydroxylation sites is 2. The third-order valence-electron chi connectivity index (χ3n) is 5.61. The molecule has 2 aromatic carbocycles. The van der Waals surface area contributed by atoms with Gasteiger partial charge in [0.1, 0.15) is 0 Å². The van der Waals surface area contributed by atoms with E-state index in [4.69, 9.17) is 0 Å². The smallest absolute Gasteiger partial charge is 0.331 e. The van der Waals surface area contributed by atoms with Gasteiger partial charge in [0.2, 0.25) is 0 Å². The number of unbranched alkanes of at least 4 members (excludes halogenated alkanes) is 3. The van der Waals surface area contributed by atoms with Crippen LogP contribution in [-0.4, -0.2) is 31.9 Å². The highest BCUT2D eigenvalue weighted by Gasteiger charge is 2.40. The molecule has 5 heteroatoms. The Morgan fingerprint density at radius 1 is 0.731 bits per heavy atom. The molecular weight excluding hydrogens is 316 g/mol. The van der Waals surface area contributed by atoms with Gasteiger partial charge in [-0.05, 0) is 37.2 Å². The standard InChI is InChI=1S/C21H31B2N3/c1-4-5-6-13-18-26-22(2)24(20-14-9-7-10-15-20)19-25(23(26)3)21-16-11-8-12-17-21/h7-12,14-17H,4-6,13,18-19H2,1-3H3. The summed E-state index contributed by atoms with van der Waals surface area (Å²) >= 11 is 0. The van der Waals surface area contributed by atoms with E-state index in [9.17, 15) is 0 Å². The zero-order valence-electron chi connectivity index (χ0n) is 16.5. The predicted molar refractivity (Wildman–Crippen MR) is 117 cm³/mol. The van der Waals surface area contributed by atoms with Crippen LogP contribution in [0.15, 0.2) is 60.7 Å². The highest BCUT2D eigenvalue weighted by atomic mass is 15.4. The van der Waals surface area contributed by atoms with Crippen molar-refractivity contribution >= 4 is 25.3 Å². The van der Waals surface area contributed by atoms with Crippen molar-refractivity contribution in [1.29, 1.82) is 0 Å². The maximum absolute atomic E-state index is 2.65. The Bertz CT molecular complexity index is 601. The summed E-state index contributed by atoms with van der Waals surface area (Å²) in [4.78, 5) is 5.04. The van der Waals surface area contributed by atoms with Gasteiger partial charge in [0.25, 0.3) is 0 Å². The molecule has 0 N–H and O–H groups in total. The van der Waals surface area contributed by atoms with Crippen molar-refractivity contribution in [2.45, 2.75) is 46.3 Å². The first kappa shape index (κ1) is 18.9. The van der Waals surface area contributed by atoms with Crippen LogP contribution in [0.25, 0.3) is 0 Å². The second kappa shape index (κ2) is 9.18. The number of benzene rings is 2. The van der Waals surface area contributed by atoms with Crippen molar-refractivity contribution in [3.63, 3.8) is 0 Å². The summed E-state index contributed by atoms with van der Waals surface area (Å²) in [7, 11) is 0. The van der Waals surface area contributed by atoms with Gasteiger partial charge in [-0.15, -0.1) is 0 Å². The van der Waals surface area contributed by atoms with E-state index in [2.05, 4.69) is 95.6 Å². The minimum atomic E-state index is 0.397. The van der Waals surface area contributed by atoms with Crippen LogP contribution in [0.1, 0.15) is 32.6 Å². The molecule has 1 aliphatic rings. The molecule has 0 atom stereocenters. The summed E-state index contributed by atoms with van der Waals surface area (Å²) in [6.45, 7) is 9.84. The fourth-order valence-corrected chi connectivity index (χ4v) is 4.00. The molecule has 26 heavy (non-hydrogen) atoms. The highest BCUT2D eigenvalue weighted by Crippen LogP contribution is 2.27. The fourth-order valence-electron chi connectivity index (χ4n) is 4.00. The van der Waals surface area contributed by atoms with Crippen LogP contribution in [0, 0.1) is 0 Å². The van der Waals surface area contributed by atoms with Crippen LogP contribution in [0.4, 0.5) is 11.4 Å². The number of anilines is 2. The largest absolute Gasteiger partial charge is 0.386 e. The van der Waals surface area contributed by atoms with Crippen LogP contribution >= 0.6 is 0 Å². The SMILES string of the molecule is CCCCCCN1B(C)N(c2ccccc2)CN(c2ccccc2)B1C.